The van der Waals surface area contributed by atoms with Crippen LogP contribution in [0.2, 0.25) is 5.02 Å². The van der Waals surface area contributed by atoms with Crippen molar-refractivity contribution >= 4 is 35.6 Å². The average molecular weight is 397 g/mol. The number of ether oxygens (including phenoxy) is 1. The monoisotopic (exact) mass is 396 g/mol. The topological polar surface area (TPSA) is 87.0 Å². The van der Waals surface area contributed by atoms with Gasteiger partial charge in [0.05, 0.1) is 18.4 Å². The molecule has 0 aliphatic carbocycles. The van der Waals surface area contributed by atoms with Crippen molar-refractivity contribution in [1.29, 1.82) is 5.26 Å². The molecular weight excluding hydrogens is 382 g/mol. The fourth-order valence-electron chi connectivity index (χ4n) is 2.47. The number of aromatic nitrogens is 1. The van der Waals surface area contributed by atoms with Crippen molar-refractivity contribution in [1.82, 2.24) is 10.3 Å². The lowest BCUT2D eigenvalue weighted by atomic mass is 10.1. The highest BCUT2D eigenvalue weighted by Gasteiger charge is 2.18. The summed E-state index contributed by atoms with van der Waals surface area (Å²) >= 11 is 5.85. The highest BCUT2D eigenvalue weighted by atomic mass is 35.5. The fraction of sp³-hybridized carbons (Fsp3) is 0.235. The second-order valence-corrected chi connectivity index (χ2v) is 5.86. The predicted molar refractivity (Wildman–Crippen MR) is 97.1 cm³/mol. The highest BCUT2D eigenvalue weighted by molar-refractivity contribution is 6.31. The Bertz CT molecular complexity index is 851. The van der Waals surface area contributed by atoms with Crippen molar-refractivity contribution in [3.8, 4) is 6.07 Å². The van der Waals surface area contributed by atoms with Crippen LogP contribution in [0, 0.1) is 17.1 Å². The maximum atomic E-state index is 14.3. The number of hydrogen-bond donors (Lipinski definition) is 2. The molecule has 1 aromatic carbocycles. The van der Waals surface area contributed by atoms with E-state index in [-0.39, 0.29) is 40.6 Å². The van der Waals surface area contributed by atoms with E-state index in [4.69, 9.17) is 21.6 Å². The summed E-state index contributed by atoms with van der Waals surface area (Å²) in [6, 6.07) is 8.96. The van der Waals surface area contributed by atoms with Gasteiger partial charge in [0.15, 0.2) is 0 Å². The number of carbonyl (C=O) groups is 1. The minimum Gasteiger partial charge on any atom is -0.371 e. The number of halogens is 3. The Hall–Kier alpha value is -2.24. The van der Waals surface area contributed by atoms with E-state index in [2.05, 4.69) is 15.6 Å². The lowest BCUT2D eigenvalue weighted by molar-refractivity contribution is 0.0275. The van der Waals surface area contributed by atoms with Crippen molar-refractivity contribution in [3.05, 3.63) is 58.1 Å². The lowest BCUT2D eigenvalue weighted by Gasteiger charge is -2.24. The van der Waals surface area contributed by atoms with Crippen LogP contribution in [-0.2, 0) is 4.74 Å². The molecule has 2 aromatic rings. The number of nitrogens with zero attached hydrogens (tertiary/aromatic N) is 2. The molecular formula is C17H15Cl2FN4O2. The summed E-state index contributed by atoms with van der Waals surface area (Å²) in [5.41, 5.74) is 0.649. The normalized spacial score (nSPS) is 16.3. The van der Waals surface area contributed by atoms with Gasteiger partial charge in [0.1, 0.15) is 23.3 Å². The van der Waals surface area contributed by atoms with Gasteiger partial charge in [-0.1, -0.05) is 17.7 Å². The van der Waals surface area contributed by atoms with E-state index in [1.54, 1.807) is 6.07 Å². The van der Waals surface area contributed by atoms with Gasteiger partial charge in [0, 0.05) is 18.1 Å². The third kappa shape index (κ3) is 4.68. The largest absolute Gasteiger partial charge is 0.371 e. The molecule has 9 heteroatoms. The van der Waals surface area contributed by atoms with Crippen LogP contribution in [0.25, 0.3) is 0 Å². The Morgan fingerprint density at radius 3 is 2.88 bits per heavy atom. The summed E-state index contributed by atoms with van der Waals surface area (Å²) in [6.07, 6.45) is -0.221. The number of hydrogen-bond acceptors (Lipinski definition) is 5. The third-order valence-corrected chi connectivity index (χ3v) is 3.90. The Morgan fingerprint density at radius 1 is 1.42 bits per heavy atom. The van der Waals surface area contributed by atoms with Gasteiger partial charge >= 0.3 is 0 Å². The lowest BCUT2D eigenvalue weighted by Crippen LogP contribution is -2.33. The molecule has 2 N–H and O–H groups in total. The number of carbonyl (C=O) groups excluding carboxylic acids is 1. The maximum absolute atomic E-state index is 14.3. The number of anilines is 1. The molecule has 0 unspecified atom stereocenters. The summed E-state index contributed by atoms with van der Waals surface area (Å²) in [4.78, 5) is 16.1. The molecule has 1 fully saturated rings. The number of rotatable bonds is 3. The number of pyridine rings is 1. The molecule has 0 radical (unpaired) electrons. The van der Waals surface area contributed by atoms with E-state index in [0.717, 1.165) is 6.54 Å². The van der Waals surface area contributed by atoms with Crippen LogP contribution in [-0.4, -0.2) is 30.6 Å². The Balaban J connectivity index is 0.00000243. The predicted octanol–water partition coefficient (Wildman–Crippen LogP) is 3.08. The van der Waals surface area contributed by atoms with Crippen molar-refractivity contribution in [2.75, 3.05) is 25.0 Å². The first-order valence-electron chi connectivity index (χ1n) is 7.57. The van der Waals surface area contributed by atoms with E-state index < -0.39 is 11.7 Å². The zero-order valence-electron chi connectivity index (χ0n) is 13.5. The van der Waals surface area contributed by atoms with Crippen LogP contribution in [0.4, 0.5) is 10.1 Å². The van der Waals surface area contributed by atoms with Gasteiger partial charge in [0.2, 0.25) is 0 Å². The smallest absolute Gasteiger partial charge is 0.274 e. The van der Waals surface area contributed by atoms with Crippen molar-refractivity contribution in [2.45, 2.75) is 6.10 Å². The van der Waals surface area contributed by atoms with Crippen LogP contribution in [0.5, 0.6) is 0 Å². The first-order valence-corrected chi connectivity index (χ1v) is 7.95. The molecule has 1 atom stereocenters. The maximum Gasteiger partial charge on any atom is 0.274 e. The van der Waals surface area contributed by atoms with Crippen LogP contribution < -0.4 is 10.6 Å². The van der Waals surface area contributed by atoms with Crippen molar-refractivity contribution in [2.24, 2.45) is 0 Å². The van der Waals surface area contributed by atoms with Crippen LogP contribution in [0.15, 0.2) is 30.3 Å². The second kappa shape index (κ2) is 8.92. The highest BCUT2D eigenvalue weighted by Crippen LogP contribution is 2.24. The average Bonchev–Trinajstić information content (AvgIpc) is 2.63. The SMILES string of the molecule is Cl.N#Cc1cc(Cl)cc(C(=O)Nc2ccc([C@H]3CNCCO3)cc2F)n1. The molecule has 6 nitrogen and oxygen atoms in total. The number of nitriles is 1. The quantitative estimate of drug-likeness (QED) is 0.832. The summed E-state index contributed by atoms with van der Waals surface area (Å²) in [6.45, 7) is 1.94. The number of nitrogens with one attached hydrogen (secondary N) is 2. The van der Waals surface area contributed by atoms with Gasteiger partial charge in [-0.2, -0.15) is 5.26 Å². The first kappa shape index (κ1) is 20.1. The summed E-state index contributed by atoms with van der Waals surface area (Å²) in [7, 11) is 0. The van der Waals surface area contributed by atoms with Gasteiger partial charge in [0.25, 0.3) is 5.91 Å². The molecule has 1 aromatic heterocycles. The summed E-state index contributed by atoms with van der Waals surface area (Å²) < 4.78 is 19.9. The molecule has 2 heterocycles. The van der Waals surface area contributed by atoms with Gasteiger partial charge in [-0.25, -0.2) is 9.37 Å². The summed E-state index contributed by atoms with van der Waals surface area (Å²) in [5, 5.41) is 14.7. The molecule has 26 heavy (non-hydrogen) atoms. The zero-order chi connectivity index (χ0) is 17.8. The van der Waals surface area contributed by atoms with Crippen molar-refractivity contribution in [3.63, 3.8) is 0 Å². The number of amides is 1. The van der Waals surface area contributed by atoms with Crippen LogP contribution in [0.3, 0.4) is 0 Å². The number of benzene rings is 1. The van der Waals surface area contributed by atoms with E-state index in [9.17, 15) is 9.18 Å². The van der Waals surface area contributed by atoms with E-state index in [0.29, 0.717) is 18.7 Å². The second-order valence-electron chi connectivity index (χ2n) is 5.42. The van der Waals surface area contributed by atoms with E-state index in [1.165, 1.54) is 24.3 Å². The zero-order valence-corrected chi connectivity index (χ0v) is 15.0. The standard InChI is InChI=1S/C17H14ClFN4O2.ClH/c18-11-6-12(8-20)22-15(7-11)17(24)23-14-2-1-10(5-13(14)19)16-9-21-3-4-25-16;/h1-2,5-7,16,21H,3-4,9H2,(H,23,24);1H/t16-;/m1./s1. The molecule has 1 aliphatic heterocycles. The number of morpholine rings is 1. The first-order chi connectivity index (χ1) is 12.1. The molecule has 0 spiro atoms. The van der Waals surface area contributed by atoms with E-state index >= 15 is 0 Å². The Morgan fingerprint density at radius 2 is 2.23 bits per heavy atom. The molecule has 0 bridgehead atoms. The van der Waals surface area contributed by atoms with Gasteiger partial charge in [-0.3, -0.25) is 4.79 Å². The van der Waals surface area contributed by atoms with Gasteiger partial charge < -0.3 is 15.4 Å². The minimum atomic E-state index is -0.652. The molecule has 136 valence electrons. The summed E-state index contributed by atoms with van der Waals surface area (Å²) in [5.74, 6) is -1.23. The molecule has 0 saturated carbocycles. The Labute approximate surface area is 160 Å². The van der Waals surface area contributed by atoms with Gasteiger partial charge in [-0.05, 0) is 29.8 Å². The van der Waals surface area contributed by atoms with Gasteiger partial charge in [-0.15, -0.1) is 12.4 Å². The Kier molecular flexibility index (Phi) is 6.89. The van der Waals surface area contributed by atoms with Crippen LogP contribution >= 0.6 is 24.0 Å². The minimum absolute atomic E-state index is 0. The van der Waals surface area contributed by atoms with Crippen molar-refractivity contribution < 1.29 is 13.9 Å². The molecule has 1 saturated heterocycles. The van der Waals surface area contributed by atoms with Crippen LogP contribution in [0.1, 0.15) is 27.8 Å². The molecule has 1 aliphatic rings. The van der Waals surface area contributed by atoms with E-state index in [1.807, 2.05) is 6.07 Å². The fourth-order valence-corrected chi connectivity index (χ4v) is 2.68. The molecule has 1 amide bonds. The third-order valence-electron chi connectivity index (χ3n) is 3.68. The molecule has 3 rings (SSSR count).